The molecule has 14 heavy (non-hydrogen) atoms. The van der Waals surface area contributed by atoms with Crippen molar-refractivity contribution < 1.29 is 4.74 Å². The molecule has 0 spiro atoms. The average molecular weight is 256 g/mol. The highest BCUT2D eigenvalue weighted by molar-refractivity contribution is 9.10. The van der Waals surface area contributed by atoms with Crippen LogP contribution in [-0.4, -0.2) is 13.7 Å². The first-order chi connectivity index (χ1) is 6.69. The van der Waals surface area contributed by atoms with Crippen LogP contribution in [0.15, 0.2) is 22.7 Å². The van der Waals surface area contributed by atoms with E-state index < -0.39 is 0 Å². The van der Waals surface area contributed by atoms with Crippen LogP contribution in [0.3, 0.4) is 0 Å². The lowest BCUT2D eigenvalue weighted by Crippen LogP contribution is -1.93. The van der Waals surface area contributed by atoms with E-state index in [4.69, 9.17) is 10.5 Å². The van der Waals surface area contributed by atoms with Gasteiger partial charge in [0.15, 0.2) is 0 Å². The largest absolute Gasteiger partial charge is 0.496 e. The summed E-state index contributed by atoms with van der Waals surface area (Å²) in [6, 6.07) is 4.03. The average Bonchev–Trinajstić information content (AvgIpc) is 2.17. The third-order valence-electron chi connectivity index (χ3n) is 1.95. The van der Waals surface area contributed by atoms with Gasteiger partial charge in [0.2, 0.25) is 0 Å². The number of halogens is 1. The number of rotatable bonds is 3. The molecule has 1 aromatic carbocycles. The van der Waals surface area contributed by atoms with Crippen LogP contribution in [-0.2, 0) is 0 Å². The first-order valence-electron chi connectivity index (χ1n) is 4.39. The Morgan fingerprint density at radius 2 is 2.21 bits per heavy atom. The van der Waals surface area contributed by atoms with E-state index in [0.717, 1.165) is 21.3 Å². The number of hydrogen-bond donors (Lipinski definition) is 1. The molecule has 1 aromatic rings. The van der Waals surface area contributed by atoms with Crippen molar-refractivity contribution in [2.75, 3.05) is 13.7 Å². The fourth-order valence-electron chi connectivity index (χ4n) is 1.21. The molecule has 3 heteroatoms. The quantitative estimate of drug-likeness (QED) is 0.902. The number of aryl methyl sites for hydroxylation is 1. The standard InChI is InChI=1S/C11H14BrNO/c1-8-6-10(12)9(4-3-5-13)7-11(8)14-2/h3-4,6-7H,5,13H2,1-2H3/b4-3+. The molecular weight excluding hydrogens is 242 g/mol. The van der Waals surface area contributed by atoms with Gasteiger partial charge in [-0.1, -0.05) is 28.1 Å². The second kappa shape index (κ2) is 5.17. The smallest absolute Gasteiger partial charge is 0.122 e. The zero-order valence-electron chi connectivity index (χ0n) is 8.38. The number of ether oxygens (including phenoxy) is 1. The number of nitrogens with two attached hydrogens (primary N) is 1. The van der Waals surface area contributed by atoms with Gasteiger partial charge in [-0.05, 0) is 30.2 Å². The second-order valence-electron chi connectivity index (χ2n) is 2.98. The summed E-state index contributed by atoms with van der Waals surface area (Å²) in [5.74, 6) is 0.893. The zero-order chi connectivity index (χ0) is 10.6. The maximum absolute atomic E-state index is 5.39. The summed E-state index contributed by atoms with van der Waals surface area (Å²) in [7, 11) is 1.67. The summed E-state index contributed by atoms with van der Waals surface area (Å²) >= 11 is 3.49. The molecule has 0 aliphatic carbocycles. The maximum Gasteiger partial charge on any atom is 0.122 e. The molecule has 0 fully saturated rings. The van der Waals surface area contributed by atoms with Crippen molar-refractivity contribution in [3.05, 3.63) is 33.8 Å². The number of benzene rings is 1. The first-order valence-corrected chi connectivity index (χ1v) is 5.19. The number of methoxy groups -OCH3 is 1. The van der Waals surface area contributed by atoms with E-state index in [0.29, 0.717) is 6.54 Å². The van der Waals surface area contributed by atoms with Crippen LogP contribution in [0.2, 0.25) is 0 Å². The van der Waals surface area contributed by atoms with Gasteiger partial charge in [-0.15, -0.1) is 0 Å². The second-order valence-corrected chi connectivity index (χ2v) is 3.84. The van der Waals surface area contributed by atoms with Crippen molar-refractivity contribution in [3.8, 4) is 5.75 Å². The molecule has 0 amide bonds. The van der Waals surface area contributed by atoms with Crippen LogP contribution >= 0.6 is 15.9 Å². The van der Waals surface area contributed by atoms with E-state index in [2.05, 4.69) is 15.9 Å². The summed E-state index contributed by atoms with van der Waals surface area (Å²) in [6.45, 7) is 2.56. The minimum absolute atomic E-state index is 0.544. The van der Waals surface area contributed by atoms with Gasteiger partial charge in [0.25, 0.3) is 0 Å². The Morgan fingerprint density at radius 3 is 2.79 bits per heavy atom. The lowest BCUT2D eigenvalue weighted by Gasteiger charge is -2.07. The normalized spacial score (nSPS) is 10.9. The van der Waals surface area contributed by atoms with Gasteiger partial charge < -0.3 is 10.5 Å². The molecule has 0 bridgehead atoms. The molecule has 0 radical (unpaired) electrons. The third kappa shape index (κ3) is 2.59. The molecule has 0 unspecified atom stereocenters. The Morgan fingerprint density at radius 1 is 1.50 bits per heavy atom. The highest BCUT2D eigenvalue weighted by Gasteiger charge is 2.02. The molecule has 0 saturated carbocycles. The third-order valence-corrected chi connectivity index (χ3v) is 2.63. The van der Waals surface area contributed by atoms with E-state index >= 15 is 0 Å². The summed E-state index contributed by atoms with van der Waals surface area (Å²) < 4.78 is 6.29. The van der Waals surface area contributed by atoms with Crippen LogP contribution in [0.4, 0.5) is 0 Å². The topological polar surface area (TPSA) is 35.2 Å². The molecule has 0 saturated heterocycles. The predicted octanol–water partition coefficient (Wildman–Crippen LogP) is 2.74. The van der Waals surface area contributed by atoms with Gasteiger partial charge in [0.05, 0.1) is 7.11 Å². The first kappa shape index (κ1) is 11.3. The Hall–Kier alpha value is -0.800. The molecular formula is C11H14BrNO. The van der Waals surface area contributed by atoms with E-state index in [1.807, 2.05) is 31.2 Å². The molecule has 0 aromatic heterocycles. The van der Waals surface area contributed by atoms with Crippen molar-refractivity contribution in [3.63, 3.8) is 0 Å². The Balaban J connectivity index is 3.10. The minimum atomic E-state index is 0.544. The van der Waals surface area contributed by atoms with Gasteiger partial charge >= 0.3 is 0 Å². The maximum atomic E-state index is 5.39. The number of hydrogen-bond acceptors (Lipinski definition) is 2. The lowest BCUT2D eigenvalue weighted by atomic mass is 10.1. The van der Waals surface area contributed by atoms with Crippen molar-refractivity contribution in [1.29, 1.82) is 0 Å². The fraction of sp³-hybridized carbons (Fsp3) is 0.273. The molecule has 0 aliphatic rings. The van der Waals surface area contributed by atoms with Crippen molar-refractivity contribution >= 4 is 22.0 Å². The van der Waals surface area contributed by atoms with Gasteiger partial charge in [-0.3, -0.25) is 0 Å². The lowest BCUT2D eigenvalue weighted by molar-refractivity contribution is 0.411. The molecule has 2 N–H and O–H groups in total. The molecule has 0 aliphatic heterocycles. The molecule has 2 nitrogen and oxygen atoms in total. The Kier molecular flexibility index (Phi) is 4.17. The SMILES string of the molecule is COc1cc(/C=C/CN)c(Br)cc1C. The van der Waals surface area contributed by atoms with Crippen LogP contribution in [0.25, 0.3) is 6.08 Å². The van der Waals surface area contributed by atoms with E-state index in [1.54, 1.807) is 7.11 Å². The van der Waals surface area contributed by atoms with Crippen LogP contribution in [0, 0.1) is 6.92 Å². The van der Waals surface area contributed by atoms with Crippen LogP contribution in [0.5, 0.6) is 5.75 Å². The summed E-state index contributed by atoms with van der Waals surface area (Å²) in [4.78, 5) is 0. The Bertz CT molecular complexity index is 347. The van der Waals surface area contributed by atoms with Crippen LogP contribution < -0.4 is 10.5 Å². The van der Waals surface area contributed by atoms with Gasteiger partial charge in [-0.2, -0.15) is 0 Å². The molecule has 76 valence electrons. The van der Waals surface area contributed by atoms with Crippen LogP contribution in [0.1, 0.15) is 11.1 Å². The molecule has 0 heterocycles. The fourth-order valence-corrected chi connectivity index (χ4v) is 1.80. The van der Waals surface area contributed by atoms with Crippen molar-refractivity contribution in [2.45, 2.75) is 6.92 Å². The van der Waals surface area contributed by atoms with Crippen molar-refractivity contribution in [2.24, 2.45) is 5.73 Å². The Labute approximate surface area is 92.9 Å². The van der Waals surface area contributed by atoms with E-state index in [9.17, 15) is 0 Å². The van der Waals surface area contributed by atoms with Gasteiger partial charge in [0, 0.05) is 11.0 Å². The monoisotopic (exact) mass is 255 g/mol. The van der Waals surface area contributed by atoms with Gasteiger partial charge in [0.1, 0.15) is 5.75 Å². The predicted molar refractivity (Wildman–Crippen MR) is 63.5 cm³/mol. The van der Waals surface area contributed by atoms with E-state index in [-0.39, 0.29) is 0 Å². The molecule has 0 atom stereocenters. The highest BCUT2D eigenvalue weighted by Crippen LogP contribution is 2.27. The summed E-state index contributed by atoms with van der Waals surface area (Å²) in [5, 5.41) is 0. The van der Waals surface area contributed by atoms with Crippen molar-refractivity contribution in [1.82, 2.24) is 0 Å². The zero-order valence-corrected chi connectivity index (χ0v) is 9.97. The summed E-state index contributed by atoms with van der Waals surface area (Å²) in [5.41, 5.74) is 7.59. The molecule has 1 rings (SSSR count). The van der Waals surface area contributed by atoms with E-state index in [1.165, 1.54) is 0 Å². The highest BCUT2D eigenvalue weighted by atomic mass is 79.9. The summed E-state index contributed by atoms with van der Waals surface area (Å²) in [6.07, 6.45) is 3.89. The minimum Gasteiger partial charge on any atom is -0.496 e. The van der Waals surface area contributed by atoms with Gasteiger partial charge in [-0.25, -0.2) is 0 Å².